The molecule has 0 saturated heterocycles. The third-order valence-electron chi connectivity index (χ3n) is 3.52. The number of carbonyl (C=O) groups excluding carboxylic acids is 2. The van der Waals surface area contributed by atoms with Gasteiger partial charge in [-0.3, -0.25) is 9.78 Å². The number of aromatic nitrogens is 1. The lowest BCUT2D eigenvalue weighted by atomic mass is 10.1. The van der Waals surface area contributed by atoms with Gasteiger partial charge >= 0.3 is 5.97 Å². The number of benzene rings is 1. The lowest BCUT2D eigenvalue weighted by molar-refractivity contribution is 0.0601. The smallest absolute Gasteiger partial charge is 0.339 e. The molecule has 3 rings (SSSR count). The Morgan fingerprint density at radius 2 is 2.00 bits per heavy atom. The lowest BCUT2D eigenvalue weighted by Gasteiger charge is -2.11. The number of carbonyl (C=O) groups is 2. The highest BCUT2D eigenvalue weighted by Crippen LogP contribution is 2.23. The molecule has 1 aliphatic carbocycles. The molecule has 0 radical (unpaired) electrons. The maximum absolute atomic E-state index is 12.1. The molecular formula is C17H17N3O3. The minimum absolute atomic E-state index is 0.134. The van der Waals surface area contributed by atoms with Gasteiger partial charge in [0.25, 0.3) is 5.91 Å². The summed E-state index contributed by atoms with van der Waals surface area (Å²) in [5.41, 5.74) is 2.13. The van der Waals surface area contributed by atoms with Crippen molar-refractivity contribution in [1.82, 2.24) is 10.3 Å². The number of pyridine rings is 1. The molecule has 1 heterocycles. The van der Waals surface area contributed by atoms with Crippen molar-refractivity contribution in [2.75, 3.05) is 12.4 Å². The zero-order valence-electron chi connectivity index (χ0n) is 12.7. The summed E-state index contributed by atoms with van der Waals surface area (Å²) >= 11 is 0. The maximum atomic E-state index is 12.1. The Balaban J connectivity index is 1.80. The first-order valence-corrected chi connectivity index (χ1v) is 7.37. The lowest BCUT2D eigenvalue weighted by Crippen LogP contribution is -2.25. The highest BCUT2D eigenvalue weighted by atomic mass is 16.5. The fraction of sp³-hybridized carbons (Fsp3) is 0.235. The fourth-order valence-electron chi connectivity index (χ4n) is 2.16. The first kappa shape index (κ1) is 15.0. The molecule has 0 unspecified atom stereocenters. The van der Waals surface area contributed by atoms with Crippen LogP contribution < -0.4 is 10.6 Å². The molecule has 6 heteroatoms. The molecule has 1 aromatic carbocycles. The predicted octanol–water partition coefficient (Wildman–Crippen LogP) is 2.50. The highest BCUT2D eigenvalue weighted by Gasteiger charge is 2.24. The molecule has 2 N–H and O–H groups in total. The number of amides is 1. The number of hydrogen-bond donors (Lipinski definition) is 2. The largest absolute Gasteiger partial charge is 0.465 e. The predicted molar refractivity (Wildman–Crippen MR) is 85.8 cm³/mol. The molecule has 1 amide bonds. The van der Waals surface area contributed by atoms with E-state index in [0.29, 0.717) is 28.5 Å². The van der Waals surface area contributed by atoms with Crippen molar-refractivity contribution < 1.29 is 14.3 Å². The third kappa shape index (κ3) is 3.66. The normalized spacial score (nSPS) is 13.3. The Morgan fingerprint density at radius 3 is 2.74 bits per heavy atom. The van der Waals surface area contributed by atoms with Crippen LogP contribution in [0.3, 0.4) is 0 Å². The molecule has 1 fully saturated rings. The number of rotatable bonds is 5. The van der Waals surface area contributed by atoms with Gasteiger partial charge in [-0.2, -0.15) is 0 Å². The average molecular weight is 311 g/mol. The zero-order chi connectivity index (χ0) is 16.2. The van der Waals surface area contributed by atoms with Gasteiger partial charge in [0, 0.05) is 12.2 Å². The second-order valence-corrected chi connectivity index (χ2v) is 5.37. The van der Waals surface area contributed by atoms with Crippen LogP contribution >= 0.6 is 0 Å². The van der Waals surface area contributed by atoms with E-state index in [1.807, 2.05) is 6.07 Å². The van der Waals surface area contributed by atoms with E-state index < -0.39 is 5.97 Å². The van der Waals surface area contributed by atoms with Crippen LogP contribution in [0.4, 0.5) is 11.4 Å². The number of anilines is 2. The van der Waals surface area contributed by atoms with Crippen LogP contribution in [0.25, 0.3) is 0 Å². The first-order chi connectivity index (χ1) is 11.2. The summed E-state index contributed by atoms with van der Waals surface area (Å²) in [6.07, 6.45) is 5.18. The summed E-state index contributed by atoms with van der Waals surface area (Å²) in [6.45, 7) is 0. The van der Waals surface area contributed by atoms with Gasteiger partial charge in [0.1, 0.15) is 0 Å². The summed E-state index contributed by atoms with van der Waals surface area (Å²) in [6, 6.07) is 9.01. The van der Waals surface area contributed by atoms with E-state index in [1.165, 1.54) is 13.3 Å². The maximum Gasteiger partial charge on any atom is 0.339 e. The Bertz CT molecular complexity index is 741. The summed E-state index contributed by atoms with van der Waals surface area (Å²) in [5.74, 6) is -0.561. The van der Waals surface area contributed by atoms with Crippen LogP contribution in [-0.2, 0) is 4.74 Å². The number of hydrogen-bond acceptors (Lipinski definition) is 5. The molecule has 6 nitrogen and oxygen atoms in total. The van der Waals surface area contributed by atoms with Gasteiger partial charge in [0.15, 0.2) is 0 Å². The summed E-state index contributed by atoms with van der Waals surface area (Å²) < 4.78 is 4.77. The molecular weight excluding hydrogens is 294 g/mol. The van der Waals surface area contributed by atoms with E-state index in [9.17, 15) is 9.59 Å². The first-order valence-electron chi connectivity index (χ1n) is 7.37. The van der Waals surface area contributed by atoms with Crippen LogP contribution in [0.15, 0.2) is 42.7 Å². The van der Waals surface area contributed by atoms with Gasteiger partial charge in [-0.05, 0) is 31.0 Å². The Hall–Kier alpha value is -2.89. The molecule has 0 atom stereocenters. The average Bonchev–Trinajstić information content (AvgIpc) is 3.39. The van der Waals surface area contributed by atoms with Crippen molar-refractivity contribution in [1.29, 1.82) is 0 Å². The second-order valence-electron chi connectivity index (χ2n) is 5.37. The van der Waals surface area contributed by atoms with Crippen molar-refractivity contribution >= 4 is 23.3 Å². The standard InChI is InChI=1S/C17H17N3O3/c1-23-17(22)14-4-2-3-5-15(14)19-13-8-11(9-18-10-13)16(21)20-12-6-7-12/h2-5,8-10,12,19H,6-7H2,1H3,(H,20,21). The molecule has 23 heavy (non-hydrogen) atoms. The van der Waals surface area contributed by atoms with Crippen molar-refractivity contribution in [3.05, 3.63) is 53.9 Å². The van der Waals surface area contributed by atoms with E-state index in [4.69, 9.17) is 4.74 Å². The van der Waals surface area contributed by atoms with Gasteiger partial charge in [-0.1, -0.05) is 12.1 Å². The molecule has 2 aromatic rings. The molecule has 0 bridgehead atoms. The quantitative estimate of drug-likeness (QED) is 0.829. The van der Waals surface area contributed by atoms with Crippen molar-refractivity contribution in [3.8, 4) is 0 Å². The highest BCUT2D eigenvalue weighted by molar-refractivity contribution is 5.97. The number of esters is 1. The van der Waals surface area contributed by atoms with Gasteiger partial charge in [-0.25, -0.2) is 4.79 Å². The van der Waals surface area contributed by atoms with Crippen LogP contribution in [0.5, 0.6) is 0 Å². The Labute approximate surface area is 133 Å². The minimum atomic E-state index is -0.427. The summed E-state index contributed by atoms with van der Waals surface area (Å²) in [4.78, 5) is 27.9. The molecule has 1 aliphatic rings. The minimum Gasteiger partial charge on any atom is -0.465 e. The molecule has 1 aromatic heterocycles. The second kappa shape index (κ2) is 6.48. The van der Waals surface area contributed by atoms with E-state index >= 15 is 0 Å². The fourth-order valence-corrected chi connectivity index (χ4v) is 2.16. The Morgan fingerprint density at radius 1 is 1.22 bits per heavy atom. The van der Waals surface area contributed by atoms with Gasteiger partial charge in [-0.15, -0.1) is 0 Å². The number of methoxy groups -OCH3 is 1. The van der Waals surface area contributed by atoms with Crippen LogP contribution in [0, 0.1) is 0 Å². The summed E-state index contributed by atoms with van der Waals surface area (Å²) in [7, 11) is 1.34. The molecule has 0 spiro atoms. The topological polar surface area (TPSA) is 80.3 Å². The van der Waals surface area contributed by atoms with Crippen LogP contribution in [-0.4, -0.2) is 30.0 Å². The monoisotopic (exact) mass is 311 g/mol. The third-order valence-corrected chi connectivity index (χ3v) is 3.52. The summed E-state index contributed by atoms with van der Waals surface area (Å²) in [5, 5.41) is 6.03. The number of nitrogens with zero attached hydrogens (tertiary/aromatic N) is 1. The van der Waals surface area contributed by atoms with Gasteiger partial charge < -0.3 is 15.4 Å². The molecule has 1 saturated carbocycles. The number of para-hydroxylation sites is 1. The van der Waals surface area contributed by atoms with Crippen molar-refractivity contribution in [2.45, 2.75) is 18.9 Å². The van der Waals surface area contributed by atoms with Crippen molar-refractivity contribution in [3.63, 3.8) is 0 Å². The SMILES string of the molecule is COC(=O)c1ccccc1Nc1cncc(C(=O)NC2CC2)c1. The molecule has 118 valence electrons. The van der Waals surface area contributed by atoms with Crippen molar-refractivity contribution in [2.24, 2.45) is 0 Å². The van der Waals surface area contributed by atoms with Crippen LogP contribution in [0.2, 0.25) is 0 Å². The van der Waals surface area contributed by atoms with Crippen LogP contribution in [0.1, 0.15) is 33.6 Å². The Kier molecular flexibility index (Phi) is 4.23. The van der Waals surface area contributed by atoms with E-state index in [1.54, 1.807) is 30.5 Å². The van der Waals surface area contributed by atoms with Gasteiger partial charge in [0.05, 0.1) is 35.8 Å². The zero-order valence-corrected chi connectivity index (χ0v) is 12.7. The number of ether oxygens (including phenoxy) is 1. The number of nitrogens with one attached hydrogen (secondary N) is 2. The van der Waals surface area contributed by atoms with E-state index in [-0.39, 0.29) is 5.91 Å². The molecule has 0 aliphatic heterocycles. The van der Waals surface area contributed by atoms with Gasteiger partial charge in [0.2, 0.25) is 0 Å². The van der Waals surface area contributed by atoms with E-state index in [2.05, 4.69) is 15.6 Å². The van der Waals surface area contributed by atoms with E-state index in [0.717, 1.165) is 12.8 Å².